The summed E-state index contributed by atoms with van der Waals surface area (Å²) >= 11 is 0. The topological polar surface area (TPSA) is 90.1 Å². The number of benzene rings is 1. The number of aryl methyl sites for hydroxylation is 1. The van der Waals surface area contributed by atoms with Crippen LogP contribution in [0.25, 0.3) is 22.2 Å². The molecule has 0 spiro atoms. The van der Waals surface area contributed by atoms with Gasteiger partial charge >= 0.3 is 0 Å². The fourth-order valence-electron chi connectivity index (χ4n) is 5.59. The molecule has 10 heteroatoms. The highest BCUT2D eigenvalue weighted by Crippen LogP contribution is 2.36. The maximum Gasteiger partial charge on any atom is 0.266 e. The van der Waals surface area contributed by atoms with Crippen molar-refractivity contribution in [1.82, 2.24) is 29.4 Å². The van der Waals surface area contributed by atoms with Crippen LogP contribution in [-0.2, 0) is 13.6 Å². The number of aromatic nitrogens is 5. The molecule has 1 saturated heterocycles. The molecular weight excluding hydrogens is 497 g/mol. The summed E-state index contributed by atoms with van der Waals surface area (Å²) in [6.45, 7) is 4.66. The molecule has 1 aromatic carbocycles. The Labute approximate surface area is 226 Å². The van der Waals surface area contributed by atoms with E-state index in [-0.39, 0.29) is 17.7 Å². The minimum absolute atomic E-state index is 0.0539. The first-order chi connectivity index (χ1) is 19.0. The van der Waals surface area contributed by atoms with Crippen molar-refractivity contribution >= 4 is 16.7 Å². The molecule has 0 amide bonds. The monoisotopic (exact) mass is 531 g/mol. The second-order valence-electron chi connectivity index (χ2n) is 10.6. The van der Waals surface area contributed by atoms with E-state index in [9.17, 15) is 9.18 Å². The number of hydrogen-bond acceptors (Lipinski definition) is 7. The first-order valence-electron chi connectivity index (χ1n) is 13.8. The van der Waals surface area contributed by atoms with Crippen LogP contribution in [0.3, 0.4) is 0 Å². The van der Waals surface area contributed by atoms with E-state index >= 15 is 0 Å². The lowest BCUT2D eigenvalue weighted by molar-refractivity contribution is 0.0591. The number of nitrogens with one attached hydrogen (secondary N) is 1. The van der Waals surface area contributed by atoms with Gasteiger partial charge in [-0.2, -0.15) is 5.10 Å². The van der Waals surface area contributed by atoms with Crippen molar-refractivity contribution in [1.29, 1.82) is 0 Å². The zero-order valence-electron chi connectivity index (χ0n) is 22.4. The normalized spacial score (nSPS) is 20.2. The molecule has 204 valence electrons. The molecular formula is C29H34FN7O2. The molecule has 2 fully saturated rings. The quantitative estimate of drug-likeness (QED) is 0.362. The van der Waals surface area contributed by atoms with Gasteiger partial charge in [-0.25, -0.2) is 14.1 Å². The van der Waals surface area contributed by atoms with E-state index in [1.165, 1.54) is 16.3 Å². The van der Waals surface area contributed by atoms with Gasteiger partial charge in [-0.05, 0) is 38.2 Å². The fourth-order valence-corrected chi connectivity index (χ4v) is 5.59. The van der Waals surface area contributed by atoms with Crippen molar-refractivity contribution in [3.63, 3.8) is 0 Å². The van der Waals surface area contributed by atoms with Crippen LogP contribution in [0.2, 0.25) is 0 Å². The Bertz CT molecular complexity index is 1500. The summed E-state index contributed by atoms with van der Waals surface area (Å²) in [5.74, 6) is 1.32. The van der Waals surface area contributed by atoms with E-state index in [1.54, 1.807) is 13.1 Å². The Morgan fingerprint density at radius 3 is 2.51 bits per heavy atom. The van der Waals surface area contributed by atoms with E-state index in [2.05, 4.69) is 62.2 Å². The van der Waals surface area contributed by atoms with Gasteiger partial charge in [0.05, 0.1) is 11.6 Å². The zero-order valence-corrected chi connectivity index (χ0v) is 22.4. The summed E-state index contributed by atoms with van der Waals surface area (Å²) in [6, 6.07) is 13.9. The molecule has 1 aliphatic heterocycles. The van der Waals surface area contributed by atoms with Crippen molar-refractivity contribution in [2.75, 3.05) is 25.0 Å². The molecule has 0 radical (unpaired) electrons. The van der Waals surface area contributed by atoms with Crippen molar-refractivity contribution in [2.24, 2.45) is 7.05 Å². The molecule has 6 rings (SSSR count). The predicted octanol–water partition coefficient (Wildman–Crippen LogP) is 4.34. The molecule has 1 N–H and O–H groups in total. The minimum Gasteiger partial charge on any atom is -0.473 e. The van der Waals surface area contributed by atoms with E-state index in [0.717, 1.165) is 66.8 Å². The molecule has 4 aromatic rings. The molecule has 2 aliphatic rings. The number of rotatable bonds is 8. The average Bonchev–Trinajstić information content (AvgIpc) is 3.30. The number of nitrogens with zero attached hydrogens (tertiary/aromatic N) is 6. The first kappa shape index (κ1) is 25.5. The van der Waals surface area contributed by atoms with Gasteiger partial charge in [0, 0.05) is 68.6 Å². The number of alkyl halides is 1. The second-order valence-corrected chi connectivity index (χ2v) is 10.6. The third kappa shape index (κ3) is 5.38. The summed E-state index contributed by atoms with van der Waals surface area (Å²) in [5.41, 5.74) is 4.06. The third-order valence-corrected chi connectivity index (χ3v) is 7.71. The Kier molecular flexibility index (Phi) is 7.03. The van der Waals surface area contributed by atoms with Gasteiger partial charge in [-0.15, -0.1) is 5.10 Å². The summed E-state index contributed by atoms with van der Waals surface area (Å²) < 4.78 is 22.8. The number of fused-ring (bicyclic) bond motifs is 1. The number of hydrogen-bond donors (Lipinski definition) is 1. The largest absolute Gasteiger partial charge is 0.473 e. The smallest absolute Gasteiger partial charge is 0.266 e. The molecule has 0 bridgehead atoms. The van der Waals surface area contributed by atoms with Crippen molar-refractivity contribution in [2.45, 2.75) is 57.5 Å². The lowest BCUT2D eigenvalue weighted by atomic mass is 9.93. The third-order valence-electron chi connectivity index (χ3n) is 7.71. The Morgan fingerprint density at radius 1 is 1.05 bits per heavy atom. The first-order valence-corrected chi connectivity index (χ1v) is 13.8. The van der Waals surface area contributed by atoms with Crippen LogP contribution in [-0.4, -0.2) is 61.4 Å². The Morgan fingerprint density at radius 2 is 1.82 bits per heavy atom. The zero-order chi connectivity index (χ0) is 26.9. The summed E-state index contributed by atoms with van der Waals surface area (Å²) in [5, 5.41) is 13.7. The Hall–Kier alpha value is -3.79. The molecule has 3 aromatic heterocycles. The molecule has 9 nitrogen and oxygen atoms in total. The van der Waals surface area contributed by atoms with E-state index < -0.39 is 6.17 Å². The molecule has 1 aliphatic carbocycles. The van der Waals surface area contributed by atoms with E-state index in [0.29, 0.717) is 19.0 Å². The second kappa shape index (κ2) is 10.8. The van der Waals surface area contributed by atoms with Crippen molar-refractivity contribution < 1.29 is 9.13 Å². The van der Waals surface area contributed by atoms with Crippen LogP contribution in [0.1, 0.15) is 44.2 Å². The number of ether oxygens (including phenoxy) is 1. The number of halogens is 1. The summed E-state index contributed by atoms with van der Waals surface area (Å²) in [7, 11) is 1.63. The van der Waals surface area contributed by atoms with Gasteiger partial charge in [0.1, 0.15) is 23.8 Å². The maximum atomic E-state index is 13.2. The summed E-state index contributed by atoms with van der Waals surface area (Å²) in [6.07, 6.45) is 4.89. The van der Waals surface area contributed by atoms with Crippen LogP contribution < -0.4 is 15.6 Å². The molecule has 1 saturated carbocycles. The van der Waals surface area contributed by atoms with Gasteiger partial charge in [0.25, 0.3) is 5.56 Å². The molecule has 4 heterocycles. The van der Waals surface area contributed by atoms with Crippen LogP contribution >= 0.6 is 0 Å². The van der Waals surface area contributed by atoms with Crippen molar-refractivity contribution in [3.05, 3.63) is 64.6 Å². The highest BCUT2D eigenvalue weighted by molar-refractivity contribution is 5.94. The highest BCUT2D eigenvalue weighted by Gasteiger charge is 2.28. The van der Waals surface area contributed by atoms with Crippen LogP contribution in [0, 0.1) is 0 Å². The number of anilines is 1. The molecule has 0 atom stereocenters. The van der Waals surface area contributed by atoms with Crippen LogP contribution in [0.4, 0.5) is 10.2 Å². The standard InChI is InChI=1S/C29H34FN7O2/c1-3-31-26-14-25-24(15-32-26)29(20-6-4-19(5-7-20)16-36-17-21(30)18-36)34-37(25)22-8-10-23(11-9-22)39-27-12-13-28(38)35(2)33-27/h4-7,12-15,21-23H,3,8-11,16-18H2,1-2H3,(H,31,32). The van der Waals surface area contributed by atoms with Crippen LogP contribution in [0.15, 0.2) is 53.5 Å². The molecule has 39 heavy (non-hydrogen) atoms. The minimum atomic E-state index is -0.689. The maximum absolute atomic E-state index is 13.2. The SMILES string of the molecule is CCNc1cc2c(cn1)c(-c1ccc(CN3CC(F)C3)cc1)nn2C1CCC(Oc2ccc(=O)n(C)n2)CC1. The molecule has 0 unspecified atom stereocenters. The number of likely N-dealkylation sites (tertiary alicyclic amines) is 1. The number of pyridine rings is 1. The van der Waals surface area contributed by atoms with E-state index in [1.807, 2.05) is 6.20 Å². The summed E-state index contributed by atoms with van der Waals surface area (Å²) in [4.78, 5) is 18.4. The lowest BCUT2D eigenvalue weighted by Crippen LogP contribution is -2.47. The van der Waals surface area contributed by atoms with Crippen LogP contribution in [0.5, 0.6) is 5.88 Å². The van der Waals surface area contributed by atoms with E-state index in [4.69, 9.17) is 9.84 Å². The van der Waals surface area contributed by atoms with Gasteiger partial charge in [-0.3, -0.25) is 14.4 Å². The highest BCUT2D eigenvalue weighted by atomic mass is 19.1. The average molecular weight is 532 g/mol. The lowest BCUT2D eigenvalue weighted by Gasteiger charge is -2.34. The Balaban J connectivity index is 1.23. The van der Waals surface area contributed by atoms with Gasteiger partial charge in [0.2, 0.25) is 5.88 Å². The predicted molar refractivity (Wildman–Crippen MR) is 149 cm³/mol. The fraction of sp³-hybridized carbons (Fsp3) is 0.448. The van der Waals surface area contributed by atoms with Crippen molar-refractivity contribution in [3.8, 4) is 17.1 Å². The van der Waals surface area contributed by atoms with Gasteiger partial charge in [0.15, 0.2) is 0 Å². The van der Waals surface area contributed by atoms with Gasteiger partial charge < -0.3 is 10.1 Å². The van der Waals surface area contributed by atoms with Gasteiger partial charge in [-0.1, -0.05) is 24.3 Å².